The van der Waals surface area contributed by atoms with Gasteiger partial charge in [0.2, 0.25) is 0 Å². The number of aliphatic hydroxyl groups is 3. The zero-order valence-corrected chi connectivity index (χ0v) is 13.2. The molecule has 1 fully saturated rings. The Bertz CT molecular complexity index is 674. The minimum atomic E-state index is -1.58. The number of fused-ring (bicyclic) bond motifs is 1. The van der Waals surface area contributed by atoms with Crippen LogP contribution in [0, 0.1) is 0 Å². The monoisotopic (exact) mass is 406 g/mol. The number of halogens is 1. The Morgan fingerprint density at radius 3 is 2.86 bits per heavy atom. The van der Waals surface area contributed by atoms with Gasteiger partial charge >= 0.3 is 0 Å². The van der Waals surface area contributed by atoms with Gasteiger partial charge in [0.25, 0.3) is 0 Å². The zero-order valence-electron chi connectivity index (χ0n) is 11.1. The first-order chi connectivity index (χ1) is 9.84. The van der Waals surface area contributed by atoms with E-state index in [-0.39, 0.29) is 0 Å². The molecule has 0 unspecified atom stereocenters. The van der Waals surface area contributed by atoms with E-state index >= 15 is 0 Å². The van der Waals surface area contributed by atoms with Crippen LogP contribution in [0.3, 0.4) is 0 Å². The molecule has 1 aliphatic rings. The molecule has 5 atom stereocenters. The molecular formula is C12H15IN4O4. The lowest BCUT2D eigenvalue weighted by Gasteiger charge is -2.27. The van der Waals surface area contributed by atoms with E-state index in [0.717, 1.165) is 0 Å². The fourth-order valence-corrected chi connectivity index (χ4v) is 3.47. The number of nitrogen functional groups attached to an aromatic ring is 1. The number of hydrogen-bond donors (Lipinski definition) is 4. The van der Waals surface area contributed by atoms with E-state index in [4.69, 9.17) is 10.5 Å². The third-order valence-corrected chi connectivity index (χ3v) is 4.45. The molecule has 0 aromatic carbocycles. The molecule has 0 amide bonds. The average molecular weight is 406 g/mol. The van der Waals surface area contributed by atoms with E-state index in [9.17, 15) is 15.3 Å². The number of alkyl halides is 1. The van der Waals surface area contributed by atoms with Gasteiger partial charge in [0, 0.05) is 6.20 Å². The van der Waals surface area contributed by atoms with Crippen molar-refractivity contribution < 1.29 is 20.1 Å². The predicted molar refractivity (Wildman–Crippen MR) is 82.5 cm³/mol. The molecule has 5 N–H and O–H groups in total. The molecule has 1 aliphatic heterocycles. The quantitative estimate of drug-likeness (QED) is 0.401. The number of nitrogens with two attached hydrogens (primary N) is 1. The van der Waals surface area contributed by atoms with Crippen molar-refractivity contribution in [3.63, 3.8) is 0 Å². The second-order valence-corrected chi connectivity index (χ2v) is 6.49. The number of rotatable bonds is 2. The summed E-state index contributed by atoms with van der Waals surface area (Å²) in [5.74, 6) is 0.323. The summed E-state index contributed by atoms with van der Waals surface area (Å²) >= 11 is 1.74. The molecule has 8 nitrogen and oxygen atoms in total. The lowest BCUT2D eigenvalue weighted by molar-refractivity contribution is -0.0853. The number of anilines is 1. The van der Waals surface area contributed by atoms with Gasteiger partial charge in [0.05, 0.1) is 5.39 Å². The van der Waals surface area contributed by atoms with Crippen molar-refractivity contribution >= 4 is 39.4 Å². The van der Waals surface area contributed by atoms with Crippen LogP contribution in [0.1, 0.15) is 13.2 Å². The topological polar surface area (TPSA) is 127 Å². The van der Waals surface area contributed by atoms with Gasteiger partial charge in [-0.25, -0.2) is 9.97 Å². The molecule has 0 radical (unpaired) electrons. The molecule has 9 heteroatoms. The summed E-state index contributed by atoms with van der Waals surface area (Å²) in [6, 6.07) is 1.71. The van der Waals surface area contributed by atoms with Crippen LogP contribution in [0.15, 0.2) is 18.6 Å². The second kappa shape index (κ2) is 5.02. The number of ether oxygens (including phenoxy) is 1. The minimum Gasteiger partial charge on any atom is -0.385 e. The van der Waals surface area contributed by atoms with Gasteiger partial charge in [0.1, 0.15) is 39.7 Å². The van der Waals surface area contributed by atoms with Crippen LogP contribution in [0.5, 0.6) is 0 Å². The summed E-state index contributed by atoms with van der Waals surface area (Å²) in [5.41, 5.74) is 4.68. The fourth-order valence-electron chi connectivity index (χ4n) is 2.58. The first-order valence-electron chi connectivity index (χ1n) is 6.29. The molecule has 3 rings (SSSR count). The summed E-state index contributed by atoms with van der Waals surface area (Å²) in [6.45, 7) is 1.43. The molecule has 3 heterocycles. The number of nitrogens with zero attached hydrogens (tertiary/aromatic N) is 3. The van der Waals surface area contributed by atoms with E-state index in [2.05, 4.69) is 9.97 Å². The number of aliphatic hydroxyl groups excluding tert-OH is 2. The van der Waals surface area contributed by atoms with Gasteiger partial charge in [-0.3, -0.25) is 0 Å². The highest BCUT2D eigenvalue weighted by Crippen LogP contribution is 2.41. The van der Waals surface area contributed by atoms with Gasteiger partial charge in [-0.2, -0.15) is 0 Å². The van der Waals surface area contributed by atoms with Crippen molar-refractivity contribution in [2.24, 2.45) is 0 Å². The maximum atomic E-state index is 10.4. The number of hydrogen-bond acceptors (Lipinski definition) is 7. The van der Waals surface area contributed by atoms with Crippen LogP contribution in [-0.4, -0.2) is 51.8 Å². The smallest absolute Gasteiger partial charge is 0.164 e. The Kier molecular flexibility index (Phi) is 3.56. The Morgan fingerprint density at radius 1 is 1.52 bits per heavy atom. The molecule has 21 heavy (non-hydrogen) atoms. The molecule has 114 valence electrons. The Morgan fingerprint density at radius 2 is 2.24 bits per heavy atom. The van der Waals surface area contributed by atoms with Crippen molar-refractivity contribution in [2.75, 3.05) is 5.73 Å². The SMILES string of the molecule is C[C@@]1(O)[C@@H]([C@H](O)I)O[C@@H](n2ccc3c(N)ncnc32)[C@@H]1O. The Labute approximate surface area is 133 Å². The Hall–Kier alpha value is -1.01. The summed E-state index contributed by atoms with van der Waals surface area (Å²) in [7, 11) is 0. The fraction of sp³-hybridized carbons (Fsp3) is 0.500. The van der Waals surface area contributed by atoms with Crippen LogP contribution in [0.25, 0.3) is 11.0 Å². The summed E-state index contributed by atoms with van der Waals surface area (Å²) in [5, 5.41) is 31.1. The lowest BCUT2D eigenvalue weighted by Crippen LogP contribution is -2.48. The average Bonchev–Trinajstić information content (AvgIpc) is 2.92. The maximum Gasteiger partial charge on any atom is 0.164 e. The van der Waals surface area contributed by atoms with E-state index < -0.39 is 28.1 Å². The molecular weight excluding hydrogens is 391 g/mol. The van der Waals surface area contributed by atoms with Crippen molar-refractivity contribution in [1.29, 1.82) is 0 Å². The van der Waals surface area contributed by atoms with E-state index in [1.807, 2.05) is 0 Å². The van der Waals surface area contributed by atoms with Gasteiger partial charge in [0.15, 0.2) is 6.23 Å². The highest BCUT2D eigenvalue weighted by Gasteiger charge is 2.55. The number of aromatic nitrogens is 3. The summed E-state index contributed by atoms with van der Waals surface area (Å²) in [6.07, 6.45) is -0.0467. The van der Waals surface area contributed by atoms with Gasteiger partial charge in [-0.05, 0) is 35.6 Å². The first kappa shape index (κ1) is 14.9. The maximum absolute atomic E-state index is 10.4. The van der Waals surface area contributed by atoms with Crippen LogP contribution < -0.4 is 5.73 Å². The largest absolute Gasteiger partial charge is 0.385 e. The Balaban J connectivity index is 2.06. The predicted octanol–water partition coefficient (Wildman–Crippen LogP) is -0.224. The molecule has 0 spiro atoms. The van der Waals surface area contributed by atoms with Crippen molar-refractivity contribution in [3.05, 3.63) is 18.6 Å². The van der Waals surface area contributed by atoms with Gasteiger partial charge in [-0.15, -0.1) is 0 Å². The molecule has 0 bridgehead atoms. The second-order valence-electron chi connectivity index (χ2n) is 5.21. The van der Waals surface area contributed by atoms with E-state index in [0.29, 0.717) is 16.9 Å². The highest BCUT2D eigenvalue weighted by molar-refractivity contribution is 14.1. The molecule has 1 saturated heterocycles. The normalized spacial score (nSPS) is 34.4. The summed E-state index contributed by atoms with van der Waals surface area (Å²) < 4.78 is 6.26. The summed E-state index contributed by atoms with van der Waals surface area (Å²) in [4.78, 5) is 8.03. The van der Waals surface area contributed by atoms with Gasteiger partial charge in [-0.1, -0.05) is 0 Å². The molecule has 2 aromatic rings. The molecule has 0 saturated carbocycles. The molecule has 0 aliphatic carbocycles. The van der Waals surface area contributed by atoms with Crippen LogP contribution in [-0.2, 0) is 4.74 Å². The van der Waals surface area contributed by atoms with E-state index in [1.54, 1.807) is 39.4 Å². The lowest BCUT2D eigenvalue weighted by atomic mass is 9.95. The highest BCUT2D eigenvalue weighted by atomic mass is 127. The van der Waals surface area contributed by atoms with Crippen LogP contribution in [0.4, 0.5) is 5.82 Å². The first-order valence-corrected chi connectivity index (χ1v) is 7.53. The van der Waals surface area contributed by atoms with Crippen LogP contribution >= 0.6 is 22.6 Å². The van der Waals surface area contributed by atoms with Gasteiger partial charge < -0.3 is 30.4 Å². The van der Waals surface area contributed by atoms with Crippen LogP contribution in [0.2, 0.25) is 0 Å². The third kappa shape index (κ3) is 2.19. The van der Waals surface area contributed by atoms with Crippen molar-refractivity contribution in [2.45, 2.75) is 35.1 Å². The molecule has 2 aromatic heterocycles. The van der Waals surface area contributed by atoms with E-state index in [1.165, 1.54) is 13.3 Å². The standard InChI is InChI=1S/C12H15IN4O4/c1-12(20)6(18)11(21-7(12)8(13)19)17-3-2-5-9(14)15-4-16-10(5)17/h2-4,6-8,11,18-20H,1H3,(H2,14,15,16)/t6-,7+,8-,11+,12-/m0/s1. The minimum absolute atomic E-state index is 0.323. The van der Waals surface area contributed by atoms with Crippen molar-refractivity contribution in [3.8, 4) is 0 Å². The third-order valence-electron chi connectivity index (χ3n) is 3.80. The zero-order chi connectivity index (χ0) is 15.4. The van der Waals surface area contributed by atoms with Crippen molar-refractivity contribution in [1.82, 2.24) is 14.5 Å².